The van der Waals surface area contributed by atoms with Crippen LogP contribution in [0.1, 0.15) is 10.4 Å². The van der Waals surface area contributed by atoms with Gasteiger partial charge in [0, 0.05) is 0 Å². The van der Waals surface area contributed by atoms with Gasteiger partial charge in [-0.05, 0) is 18.2 Å². The van der Waals surface area contributed by atoms with Crippen LogP contribution in [-0.2, 0) is 4.74 Å². The summed E-state index contributed by atoms with van der Waals surface area (Å²) in [5.74, 6) is -0.860. The molecule has 0 saturated carbocycles. The molecule has 5 nitrogen and oxygen atoms in total. The van der Waals surface area contributed by atoms with Crippen molar-refractivity contribution in [2.45, 2.75) is 0 Å². The van der Waals surface area contributed by atoms with Crippen LogP contribution < -0.4 is 11.1 Å². The molecule has 2 rings (SSSR count). The van der Waals surface area contributed by atoms with Crippen LogP contribution in [0, 0.1) is 5.82 Å². The maximum absolute atomic E-state index is 13.5. The second-order valence-electron chi connectivity index (χ2n) is 3.76. The number of halogens is 1. The molecule has 3 N–H and O–H groups in total. The molecule has 0 aliphatic rings. The zero-order valence-corrected chi connectivity index (χ0v) is 10.2. The lowest BCUT2D eigenvalue weighted by atomic mass is 10.2. The van der Waals surface area contributed by atoms with E-state index < -0.39 is 11.8 Å². The minimum atomic E-state index is -0.598. The number of nitrogens with two attached hydrogens (primary N) is 1. The first-order chi connectivity index (χ1) is 9.11. The monoisotopic (exact) mass is 261 g/mol. The number of nitrogens with one attached hydrogen (secondary N) is 1. The Hall–Kier alpha value is -2.63. The highest BCUT2D eigenvalue weighted by Gasteiger charge is 2.15. The lowest BCUT2D eigenvalue weighted by molar-refractivity contribution is 0.0601. The zero-order chi connectivity index (χ0) is 13.8. The van der Waals surface area contributed by atoms with E-state index in [-0.39, 0.29) is 17.1 Å². The number of nitrogens with zero attached hydrogens (tertiary/aromatic N) is 1. The van der Waals surface area contributed by atoms with Gasteiger partial charge >= 0.3 is 5.97 Å². The molecule has 0 unspecified atom stereocenters. The molecule has 0 aliphatic heterocycles. The summed E-state index contributed by atoms with van der Waals surface area (Å²) < 4.78 is 18.2. The van der Waals surface area contributed by atoms with E-state index in [2.05, 4.69) is 15.0 Å². The molecule has 1 aromatic heterocycles. The highest BCUT2D eigenvalue weighted by molar-refractivity contribution is 5.96. The van der Waals surface area contributed by atoms with Crippen molar-refractivity contribution in [3.05, 3.63) is 47.9 Å². The Morgan fingerprint density at radius 2 is 2.16 bits per heavy atom. The van der Waals surface area contributed by atoms with Crippen molar-refractivity contribution in [3.8, 4) is 0 Å². The molecule has 0 spiro atoms. The molecular formula is C13H12FN3O2. The maximum atomic E-state index is 13.5. The number of ether oxygens (including phenoxy) is 1. The van der Waals surface area contributed by atoms with Crippen LogP contribution in [0.3, 0.4) is 0 Å². The Morgan fingerprint density at radius 3 is 2.84 bits per heavy atom. The van der Waals surface area contributed by atoms with Crippen LogP contribution in [-0.4, -0.2) is 18.1 Å². The van der Waals surface area contributed by atoms with Gasteiger partial charge in [-0.1, -0.05) is 12.1 Å². The highest BCUT2D eigenvalue weighted by atomic mass is 19.1. The van der Waals surface area contributed by atoms with Gasteiger partial charge in [-0.2, -0.15) is 0 Å². The first kappa shape index (κ1) is 12.8. The minimum Gasteiger partial charge on any atom is -0.465 e. The Bertz CT molecular complexity index is 617. The standard InChI is InChI=1S/C13H12FN3O2/c1-19-13(18)9-6-8(15)7-16-12(9)17-11-5-3-2-4-10(11)14/h2-7H,15H2,1H3,(H,16,17). The van der Waals surface area contributed by atoms with Gasteiger partial charge in [-0.3, -0.25) is 0 Å². The molecule has 0 saturated heterocycles. The summed E-state index contributed by atoms with van der Waals surface area (Å²) in [4.78, 5) is 15.6. The largest absolute Gasteiger partial charge is 0.465 e. The first-order valence-electron chi connectivity index (χ1n) is 5.47. The summed E-state index contributed by atoms with van der Waals surface area (Å²) in [7, 11) is 1.25. The number of methoxy groups -OCH3 is 1. The predicted octanol–water partition coefficient (Wildman–Crippen LogP) is 2.33. The summed E-state index contributed by atoms with van der Waals surface area (Å²) >= 11 is 0. The van der Waals surface area contributed by atoms with E-state index in [4.69, 9.17) is 5.73 Å². The first-order valence-corrected chi connectivity index (χ1v) is 5.47. The highest BCUT2D eigenvalue weighted by Crippen LogP contribution is 2.23. The molecule has 1 aromatic carbocycles. The number of benzene rings is 1. The number of esters is 1. The Balaban J connectivity index is 2.40. The Morgan fingerprint density at radius 1 is 1.42 bits per heavy atom. The number of para-hydroxylation sites is 1. The second kappa shape index (κ2) is 5.34. The number of anilines is 3. The van der Waals surface area contributed by atoms with Crippen molar-refractivity contribution in [3.63, 3.8) is 0 Å². The molecule has 0 radical (unpaired) electrons. The van der Waals surface area contributed by atoms with Crippen molar-refractivity contribution in [2.75, 3.05) is 18.2 Å². The van der Waals surface area contributed by atoms with E-state index in [1.54, 1.807) is 12.1 Å². The fraction of sp³-hybridized carbons (Fsp3) is 0.0769. The van der Waals surface area contributed by atoms with E-state index in [0.29, 0.717) is 5.69 Å². The third-order valence-electron chi connectivity index (χ3n) is 2.44. The lowest BCUT2D eigenvalue weighted by Crippen LogP contribution is -2.09. The van der Waals surface area contributed by atoms with Crippen molar-refractivity contribution < 1.29 is 13.9 Å². The van der Waals surface area contributed by atoms with Gasteiger partial charge in [0.05, 0.1) is 24.7 Å². The van der Waals surface area contributed by atoms with Crippen molar-refractivity contribution >= 4 is 23.2 Å². The second-order valence-corrected chi connectivity index (χ2v) is 3.76. The molecule has 0 amide bonds. The normalized spacial score (nSPS) is 10.0. The van der Waals surface area contributed by atoms with E-state index in [1.807, 2.05) is 0 Å². The van der Waals surface area contributed by atoms with Crippen LogP contribution >= 0.6 is 0 Å². The van der Waals surface area contributed by atoms with Gasteiger partial charge in [0.2, 0.25) is 0 Å². The summed E-state index contributed by atoms with van der Waals surface area (Å²) in [6.07, 6.45) is 1.37. The summed E-state index contributed by atoms with van der Waals surface area (Å²) in [6.45, 7) is 0. The van der Waals surface area contributed by atoms with Gasteiger partial charge < -0.3 is 15.8 Å². The Labute approximate surface area is 109 Å². The Kier molecular flexibility index (Phi) is 3.61. The van der Waals surface area contributed by atoms with Crippen molar-refractivity contribution in [1.29, 1.82) is 0 Å². The van der Waals surface area contributed by atoms with Gasteiger partial charge in [-0.15, -0.1) is 0 Å². The van der Waals surface area contributed by atoms with E-state index in [1.165, 1.54) is 31.5 Å². The van der Waals surface area contributed by atoms with Crippen molar-refractivity contribution in [2.24, 2.45) is 0 Å². The number of nitrogen functional groups attached to an aromatic ring is 1. The maximum Gasteiger partial charge on any atom is 0.341 e. The number of carbonyl (C=O) groups is 1. The number of hydrogen-bond acceptors (Lipinski definition) is 5. The van der Waals surface area contributed by atoms with Crippen LogP contribution in [0.5, 0.6) is 0 Å². The number of hydrogen-bond donors (Lipinski definition) is 2. The van der Waals surface area contributed by atoms with Crippen LogP contribution in [0.15, 0.2) is 36.5 Å². The zero-order valence-electron chi connectivity index (χ0n) is 10.2. The summed E-state index contributed by atoms with van der Waals surface area (Å²) in [5, 5.41) is 2.74. The van der Waals surface area contributed by atoms with E-state index in [9.17, 15) is 9.18 Å². The van der Waals surface area contributed by atoms with Crippen LogP contribution in [0.4, 0.5) is 21.6 Å². The molecular weight excluding hydrogens is 249 g/mol. The van der Waals surface area contributed by atoms with Crippen molar-refractivity contribution in [1.82, 2.24) is 4.98 Å². The van der Waals surface area contributed by atoms with E-state index >= 15 is 0 Å². The molecule has 0 atom stereocenters. The molecule has 0 aliphatic carbocycles. The van der Waals surface area contributed by atoms with E-state index in [0.717, 1.165) is 0 Å². The van der Waals surface area contributed by atoms with Crippen LogP contribution in [0.2, 0.25) is 0 Å². The summed E-state index contributed by atoms with van der Waals surface area (Å²) in [5.41, 5.74) is 6.25. The third kappa shape index (κ3) is 2.79. The average molecular weight is 261 g/mol. The molecule has 6 heteroatoms. The third-order valence-corrected chi connectivity index (χ3v) is 2.44. The molecule has 0 fully saturated rings. The lowest BCUT2D eigenvalue weighted by Gasteiger charge is -2.10. The van der Waals surface area contributed by atoms with Gasteiger partial charge in [-0.25, -0.2) is 14.2 Å². The van der Waals surface area contributed by atoms with Gasteiger partial charge in [0.25, 0.3) is 0 Å². The topological polar surface area (TPSA) is 77.2 Å². The SMILES string of the molecule is COC(=O)c1cc(N)cnc1Nc1ccccc1F. The molecule has 0 bridgehead atoms. The van der Waals surface area contributed by atoms with Gasteiger partial charge in [0.1, 0.15) is 17.2 Å². The fourth-order valence-electron chi connectivity index (χ4n) is 1.54. The molecule has 19 heavy (non-hydrogen) atoms. The number of rotatable bonds is 3. The predicted molar refractivity (Wildman–Crippen MR) is 69.7 cm³/mol. The van der Waals surface area contributed by atoms with Gasteiger partial charge in [0.15, 0.2) is 0 Å². The summed E-state index contributed by atoms with van der Waals surface area (Å²) in [6, 6.07) is 7.49. The number of pyridine rings is 1. The number of aromatic nitrogens is 1. The molecule has 1 heterocycles. The average Bonchev–Trinajstić information content (AvgIpc) is 2.42. The minimum absolute atomic E-state index is 0.144. The van der Waals surface area contributed by atoms with Crippen LogP contribution in [0.25, 0.3) is 0 Å². The fourth-order valence-corrected chi connectivity index (χ4v) is 1.54. The molecule has 2 aromatic rings. The number of carbonyl (C=O) groups excluding carboxylic acids is 1. The quantitative estimate of drug-likeness (QED) is 0.829. The molecule has 98 valence electrons. The smallest absolute Gasteiger partial charge is 0.341 e.